The summed E-state index contributed by atoms with van der Waals surface area (Å²) in [7, 11) is -2.29. The maximum Gasteiger partial charge on any atom is 0.261 e. The average molecular weight is 441 g/mol. The third kappa shape index (κ3) is 6.23. The van der Waals surface area contributed by atoms with Gasteiger partial charge in [0.25, 0.3) is 15.9 Å². The van der Waals surface area contributed by atoms with E-state index in [4.69, 9.17) is 9.47 Å². The normalized spacial score (nSPS) is 11.9. The van der Waals surface area contributed by atoms with Gasteiger partial charge < -0.3 is 14.8 Å². The highest BCUT2D eigenvalue weighted by molar-refractivity contribution is 7.92. The Morgan fingerprint density at radius 2 is 1.65 bits per heavy atom. The molecule has 3 aromatic rings. The van der Waals surface area contributed by atoms with Gasteiger partial charge in [0.1, 0.15) is 18.1 Å². The van der Waals surface area contributed by atoms with Crippen molar-refractivity contribution in [3.05, 3.63) is 84.4 Å². The average Bonchev–Trinajstić information content (AvgIpc) is 2.78. The number of rotatable bonds is 9. The molecule has 0 aliphatic heterocycles. The minimum absolute atomic E-state index is 0.0924. The van der Waals surface area contributed by atoms with E-state index in [0.29, 0.717) is 17.9 Å². The molecule has 0 saturated heterocycles. The van der Waals surface area contributed by atoms with Crippen molar-refractivity contribution in [2.75, 3.05) is 18.4 Å². The predicted molar refractivity (Wildman–Crippen MR) is 119 cm³/mol. The van der Waals surface area contributed by atoms with Crippen molar-refractivity contribution in [3.8, 4) is 11.5 Å². The van der Waals surface area contributed by atoms with Crippen molar-refractivity contribution < 1.29 is 22.7 Å². The van der Waals surface area contributed by atoms with E-state index < -0.39 is 10.0 Å². The van der Waals surface area contributed by atoms with E-state index in [1.807, 2.05) is 37.3 Å². The first-order valence-electron chi connectivity index (χ1n) is 9.63. The molecule has 1 atom stereocenters. The Labute approximate surface area is 182 Å². The van der Waals surface area contributed by atoms with Crippen LogP contribution in [0.3, 0.4) is 0 Å². The molecule has 162 valence electrons. The maximum absolute atomic E-state index is 12.6. The highest BCUT2D eigenvalue weighted by atomic mass is 32.2. The maximum atomic E-state index is 12.6. The lowest BCUT2D eigenvalue weighted by Crippen LogP contribution is -2.36. The zero-order valence-electron chi connectivity index (χ0n) is 17.2. The molecule has 2 N–H and O–H groups in total. The second kappa shape index (κ2) is 9.99. The molecule has 0 spiro atoms. The minimum Gasteiger partial charge on any atom is -0.497 e. The Hall–Kier alpha value is -3.52. The number of nitrogens with one attached hydrogen (secondary N) is 2. The van der Waals surface area contributed by atoms with Gasteiger partial charge in [0.05, 0.1) is 18.0 Å². The van der Waals surface area contributed by atoms with Crippen molar-refractivity contribution in [2.24, 2.45) is 0 Å². The molecule has 31 heavy (non-hydrogen) atoms. The molecular weight excluding hydrogens is 416 g/mol. The Balaban J connectivity index is 1.62. The first kappa shape index (κ1) is 22.2. The van der Waals surface area contributed by atoms with Crippen molar-refractivity contribution in [3.63, 3.8) is 0 Å². The number of hydrogen-bond donors (Lipinski definition) is 2. The predicted octanol–water partition coefficient (Wildman–Crippen LogP) is 3.69. The summed E-state index contributed by atoms with van der Waals surface area (Å²) >= 11 is 0. The van der Waals surface area contributed by atoms with Crippen molar-refractivity contribution in [1.82, 2.24) is 5.32 Å². The van der Waals surface area contributed by atoms with Crippen LogP contribution in [-0.4, -0.2) is 34.1 Å². The van der Waals surface area contributed by atoms with Crippen LogP contribution >= 0.6 is 0 Å². The van der Waals surface area contributed by atoms with Crippen molar-refractivity contribution in [1.29, 1.82) is 0 Å². The zero-order chi connectivity index (χ0) is 22.3. The number of para-hydroxylation sites is 1. The molecule has 0 unspecified atom stereocenters. The number of hydrogen-bond acceptors (Lipinski definition) is 5. The largest absolute Gasteiger partial charge is 0.497 e. The fourth-order valence-corrected chi connectivity index (χ4v) is 3.83. The van der Waals surface area contributed by atoms with E-state index in [2.05, 4.69) is 10.0 Å². The van der Waals surface area contributed by atoms with Crippen LogP contribution in [0.4, 0.5) is 5.69 Å². The van der Waals surface area contributed by atoms with Crippen LogP contribution in [0.2, 0.25) is 0 Å². The molecule has 0 bridgehead atoms. The van der Waals surface area contributed by atoms with E-state index in [1.165, 1.54) is 25.3 Å². The summed E-state index contributed by atoms with van der Waals surface area (Å²) in [5.41, 5.74) is 0.623. The van der Waals surface area contributed by atoms with Crippen molar-refractivity contribution >= 4 is 21.6 Å². The van der Waals surface area contributed by atoms with Crippen LogP contribution in [-0.2, 0) is 10.0 Å². The second-order valence-corrected chi connectivity index (χ2v) is 8.54. The number of methoxy groups -OCH3 is 1. The monoisotopic (exact) mass is 440 g/mol. The summed E-state index contributed by atoms with van der Waals surface area (Å²) in [6.07, 6.45) is 0. The quantitative estimate of drug-likeness (QED) is 0.529. The Morgan fingerprint density at radius 1 is 0.935 bits per heavy atom. The highest BCUT2D eigenvalue weighted by Crippen LogP contribution is 2.20. The number of ether oxygens (including phenoxy) is 2. The molecule has 0 aliphatic carbocycles. The number of amides is 1. The highest BCUT2D eigenvalue weighted by Gasteiger charge is 2.16. The van der Waals surface area contributed by atoms with Crippen LogP contribution in [0, 0.1) is 0 Å². The number of anilines is 1. The van der Waals surface area contributed by atoms with Gasteiger partial charge in [-0.15, -0.1) is 0 Å². The molecule has 0 aliphatic rings. The van der Waals surface area contributed by atoms with E-state index in [0.717, 1.165) is 5.75 Å². The molecule has 1 amide bonds. The smallest absolute Gasteiger partial charge is 0.261 e. The van der Waals surface area contributed by atoms with Crippen molar-refractivity contribution in [2.45, 2.75) is 17.9 Å². The van der Waals surface area contributed by atoms with Crippen LogP contribution in [0.5, 0.6) is 11.5 Å². The van der Waals surface area contributed by atoms with Gasteiger partial charge in [-0.3, -0.25) is 9.52 Å². The van der Waals surface area contributed by atoms with E-state index in [1.54, 1.807) is 30.3 Å². The fourth-order valence-electron chi connectivity index (χ4n) is 2.78. The van der Waals surface area contributed by atoms with Crippen LogP contribution < -0.4 is 19.5 Å². The number of sulfonamides is 1. The lowest BCUT2D eigenvalue weighted by atomic mass is 10.2. The summed E-state index contributed by atoms with van der Waals surface area (Å²) in [4.78, 5) is 12.7. The molecule has 8 heteroatoms. The zero-order valence-corrected chi connectivity index (χ0v) is 18.1. The van der Waals surface area contributed by atoms with Gasteiger partial charge >= 0.3 is 0 Å². The summed E-state index contributed by atoms with van der Waals surface area (Å²) in [5, 5.41) is 2.85. The third-order valence-corrected chi connectivity index (χ3v) is 5.76. The number of carbonyl (C=O) groups excluding carboxylic acids is 1. The topological polar surface area (TPSA) is 93.7 Å². The summed E-state index contributed by atoms with van der Waals surface area (Å²) in [5.74, 6) is 0.955. The molecule has 0 fully saturated rings. The fraction of sp³-hybridized carbons (Fsp3) is 0.174. The summed E-state index contributed by atoms with van der Waals surface area (Å²) < 4.78 is 38.4. The first-order chi connectivity index (χ1) is 14.9. The molecule has 0 aromatic heterocycles. The van der Waals surface area contributed by atoms with Crippen LogP contribution in [0.1, 0.15) is 17.3 Å². The van der Waals surface area contributed by atoms with Gasteiger partial charge in [-0.2, -0.15) is 0 Å². The molecule has 0 radical (unpaired) electrons. The second-order valence-electron chi connectivity index (χ2n) is 6.86. The first-order valence-corrected chi connectivity index (χ1v) is 11.1. The van der Waals surface area contributed by atoms with Crippen LogP contribution in [0.15, 0.2) is 83.8 Å². The number of benzene rings is 3. The SMILES string of the molecule is COc1ccc(S(=O)(=O)Nc2cccc(C(=O)N[C@@H](C)COc3ccccc3)c2)cc1. The van der Waals surface area contributed by atoms with Crippen LogP contribution in [0.25, 0.3) is 0 Å². The Kier molecular flexibility index (Phi) is 7.15. The Morgan fingerprint density at radius 3 is 2.32 bits per heavy atom. The Bertz CT molecular complexity index is 1120. The number of carbonyl (C=O) groups is 1. The molecular formula is C23H24N2O5S. The molecule has 0 saturated carbocycles. The lowest BCUT2D eigenvalue weighted by Gasteiger charge is -2.15. The van der Waals surface area contributed by atoms with Gasteiger partial charge in [-0.05, 0) is 61.5 Å². The summed E-state index contributed by atoms with van der Waals surface area (Å²) in [6.45, 7) is 2.14. The summed E-state index contributed by atoms with van der Waals surface area (Å²) in [6, 6.07) is 21.4. The van der Waals surface area contributed by atoms with E-state index in [9.17, 15) is 13.2 Å². The molecule has 3 aromatic carbocycles. The third-order valence-electron chi connectivity index (χ3n) is 4.37. The van der Waals surface area contributed by atoms with Gasteiger partial charge in [-0.1, -0.05) is 24.3 Å². The van der Waals surface area contributed by atoms with Gasteiger partial charge in [-0.25, -0.2) is 8.42 Å². The van der Waals surface area contributed by atoms with Gasteiger partial charge in [0, 0.05) is 11.3 Å². The van der Waals surface area contributed by atoms with E-state index in [-0.39, 0.29) is 22.5 Å². The lowest BCUT2D eigenvalue weighted by molar-refractivity contribution is 0.0926. The minimum atomic E-state index is -3.80. The molecule has 0 heterocycles. The van der Waals surface area contributed by atoms with Gasteiger partial charge in [0.15, 0.2) is 0 Å². The molecule has 3 rings (SSSR count). The molecule has 7 nitrogen and oxygen atoms in total. The van der Waals surface area contributed by atoms with Gasteiger partial charge in [0.2, 0.25) is 0 Å². The standard InChI is InChI=1S/C23H24N2O5S/c1-17(16-30-21-9-4-3-5-10-21)24-23(26)18-7-6-8-19(15-18)25-31(27,28)22-13-11-20(29-2)12-14-22/h3-15,17,25H,16H2,1-2H3,(H,24,26)/t17-/m0/s1. The van der Waals surface area contributed by atoms with E-state index >= 15 is 0 Å².